The first-order valence-corrected chi connectivity index (χ1v) is 22.5. The number of carbonyl (C=O) groups is 7. The number of hydrogen-bond donors (Lipinski definition) is 5. The van der Waals surface area contributed by atoms with Crippen LogP contribution >= 0.6 is 11.6 Å². The summed E-state index contributed by atoms with van der Waals surface area (Å²) in [6.07, 6.45) is 0.448. The Hall–Kier alpha value is -6.22. The summed E-state index contributed by atoms with van der Waals surface area (Å²) < 4.78 is 0. The molecule has 350 valence electrons. The molecule has 0 saturated heterocycles. The topological polar surface area (TPSA) is 225 Å². The molecular weight excluding hydrogens is 864 g/mol. The predicted molar refractivity (Wildman–Crippen MR) is 250 cm³/mol. The number of amides is 3. The van der Waals surface area contributed by atoms with E-state index in [1.54, 1.807) is 36.4 Å². The fourth-order valence-electron chi connectivity index (χ4n) is 8.44. The molecule has 0 radical (unpaired) electrons. The smallest absolute Gasteiger partial charge is 0.226 e. The highest BCUT2D eigenvalue weighted by atomic mass is 35.5. The summed E-state index contributed by atoms with van der Waals surface area (Å²) in [5, 5.41) is 35.4. The van der Waals surface area contributed by atoms with Crippen LogP contribution in [0.5, 0.6) is 11.5 Å². The molecule has 0 aromatic heterocycles. The van der Waals surface area contributed by atoms with E-state index < -0.39 is 77.6 Å². The van der Waals surface area contributed by atoms with Gasteiger partial charge in [0, 0.05) is 72.8 Å². The maximum atomic E-state index is 14.7. The van der Waals surface area contributed by atoms with Crippen molar-refractivity contribution in [1.82, 2.24) is 15.1 Å². The van der Waals surface area contributed by atoms with Gasteiger partial charge in [0.05, 0.1) is 12.6 Å². The minimum absolute atomic E-state index is 0.0843. The number of aliphatic hydroxyl groups excluding tert-OH is 1. The van der Waals surface area contributed by atoms with E-state index in [2.05, 4.69) is 5.32 Å². The number of Topliss-reactive ketones (excluding diaryl/α,β-unsaturated/α-hetero) is 4. The average molecular weight is 924 g/mol. The highest BCUT2D eigenvalue weighted by Gasteiger charge is 2.37. The second-order valence-electron chi connectivity index (χ2n) is 17.3. The van der Waals surface area contributed by atoms with E-state index in [0.717, 1.165) is 16.0 Å². The monoisotopic (exact) mass is 922 g/mol. The van der Waals surface area contributed by atoms with Crippen molar-refractivity contribution in [3.8, 4) is 33.8 Å². The normalized spacial score (nSPS) is 17.7. The zero-order valence-corrected chi connectivity index (χ0v) is 38.7. The molecule has 6 atom stereocenters. The van der Waals surface area contributed by atoms with E-state index in [4.69, 9.17) is 17.3 Å². The van der Waals surface area contributed by atoms with Crippen molar-refractivity contribution in [2.75, 3.05) is 27.2 Å². The highest BCUT2D eigenvalue weighted by molar-refractivity contribution is 6.30. The summed E-state index contributed by atoms with van der Waals surface area (Å²) in [5.74, 6) is -6.79. The molecule has 66 heavy (non-hydrogen) atoms. The lowest BCUT2D eigenvalue weighted by Gasteiger charge is -2.32. The minimum Gasteiger partial charge on any atom is -0.507 e. The van der Waals surface area contributed by atoms with Gasteiger partial charge in [-0.1, -0.05) is 80.4 Å². The Morgan fingerprint density at radius 3 is 2.03 bits per heavy atom. The van der Waals surface area contributed by atoms with Gasteiger partial charge in [0.15, 0.2) is 23.1 Å². The molecule has 1 aliphatic rings. The Bertz CT molecular complexity index is 2440. The summed E-state index contributed by atoms with van der Waals surface area (Å²) in [5.41, 5.74) is 9.04. The average Bonchev–Trinajstić information content (AvgIpc) is 3.29. The molecule has 3 amide bonds. The largest absolute Gasteiger partial charge is 0.507 e. The van der Waals surface area contributed by atoms with Crippen molar-refractivity contribution < 1.29 is 48.9 Å². The molecule has 0 fully saturated rings. The van der Waals surface area contributed by atoms with Crippen LogP contribution in [0.2, 0.25) is 5.02 Å². The molecule has 4 bridgehead atoms. The van der Waals surface area contributed by atoms with Crippen molar-refractivity contribution in [1.29, 1.82) is 0 Å². The fraction of sp³-hybridized carbons (Fsp3) is 0.392. The highest BCUT2D eigenvalue weighted by Crippen LogP contribution is 2.40. The summed E-state index contributed by atoms with van der Waals surface area (Å²) in [6, 6.07) is 19.5. The van der Waals surface area contributed by atoms with Crippen molar-refractivity contribution in [2.24, 2.45) is 23.5 Å². The van der Waals surface area contributed by atoms with E-state index in [-0.39, 0.29) is 59.7 Å². The standard InChI is InChI=1S/C51H59ClN4O10/c1-29-22-47(63)48(56(5)51(66)37(8-6-7-21-53)27-45(61)35-12-10-33(11-13-35)34-14-17-38(52)18-15-34)36-16-20-44(60)40(26-36)39-24-32(9-19-43(39)59)25-41(54-49(29)64)46(62)23-30(2)50(65)55(4)42(28-57)31(3)58/h9-20,24,26,29-30,37,41-42,48,57,59-60H,6-8,21-23,25,27-28,53H2,1-5H3,(H,54,64)/t29-,30-,37-,41+,42+,48+/m1/s1. The van der Waals surface area contributed by atoms with Gasteiger partial charge in [-0.15, -0.1) is 0 Å². The van der Waals surface area contributed by atoms with Gasteiger partial charge in [-0.3, -0.25) is 33.6 Å². The number of aromatic hydroxyl groups is 2. The number of carbonyl (C=O) groups excluding carboxylic acids is 7. The number of phenols is 2. The molecule has 1 aliphatic heterocycles. The van der Waals surface area contributed by atoms with Crippen LogP contribution in [0.1, 0.15) is 86.8 Å². The molecule has 0 saturated carbocycles. The third-order valence-electron chi connectivity index (χ3n) is 12.4. The summed E-state index contributed by atoms with van der Waals surface area (Å²) in [7, 11) is 2.82. The molecule has 5 rings (SSSR count). The second-order valence-corrected chi connectivity index (χ2v) is 17.8. The van der Waals surface area contributed by atoms with Crippen LogP contribution in [0.4, 0.5) is 0 Å². The van der Waals surface area contributed by atoms with Crippen LogP contribution in [0.3, 0.4) is 0 Å². The van der Waals surface area contributed by atoms with E-state index in [1.807, 2.05) is 24.3 Å². The lowest BCUT2D eigenvalue weighted by molar-refractivity contribution is -0.143. The Labute approximate surface area is 390 Å². The van der Waals surface area contributed by atoms with Gasteiger partial charge in [-0.05, 0) is 91.4 Å². The lowest BCUT2D eigenvalue weighted by atomic mass is 9.87. The van der Waals surface area contributed by atoms with Crippen molar-refractivity contribution in [2.45, 2.75) is 83.8 Å². The number of ketones is 4. The molecule has 4 aromatic carbocycles. The molecule has 14 nitrogen and oxygen atoms in total. The van der Waals surface area contributed by atoms with Crippen LogP contribution in [0.15, 0.2) is 84.9 Å². The summed E-state index contributed by atoms with van der Waals surface area (Å²) >= 11 is 6.06. The van der Waals surface area contributed by atoms with Crippen LogP contribution in [0, 0.1) is 17.8 Å². The number of nitrogens with two attached hydrogens (primary N) is 1. The van der Waals surface area contributed by atoms with Gasteiger partial charge in [0.25, 0.3) is 0 Å². The van der Waals surface area contributed by atoms with Crippen molar-refractivity contribution >= 4 is 52.5 Å². The molecule has 0 aliphatic carbocycles. The summed E-state index contributed by atoms with van der Waals surface area (Å²) in [4.78, 5) is 98.8. The number of benzene rings is 4. The third kappa shape index (κ3) is 12.4. The number of unbranched alkanes of at least 4 members (excludes halogenated alkanes) is 1. The number of halogens is 1. The number of rotatable bonds is 17. The van der Waals surface area contributed by atoms with Crippen molar-refractivity contribution in [3.05, 3.63) is 107 Å². The minimum atomic E-state index is -1.31. The molecule has 15 heteroatoms. The predicted octanol–water partition coefficient (Wildman–Crippen LogP) is 6.24. The lowest BCUT2D eigenvalue weighted by Crippen LogP contribution is -2.48. The molecular formula is C51H59ClN4O10. The van der Waals surface area contributed by atoms with Gasteiger partial charge in [0.1, 0.15) is 23.6 Å². The third-order valence-corrected chi connectivity index (χ3v) is 12.6. The van der Waals surface area contributed by atoms with Gasteiger partial charge < -0.3 is 36.2 Å². The quantitative estimate of drug-likeness (QED) is 0.0589. The second kappa shape index (κ2) is 22.8. The van der Waals surface area contributed by atoms with Crippen LogP contribution in [0.25, 0.3) is 22.3 Å². The van der Waals surface area contributed by atoms with E-state index >= 15 is 0 Å². The van der Waals surface area contributed by atoms with Gasteiger partial charge >= 0.3 is 0 Å². The fourth-order valence-corrected chi connectivity index (χ4v) is 8.57. The first-order chi connectivity index (χ1) is 31.3. The zero-order valence-electron chi connectivity index (χ0n) is 38.0. The molecule has 1 heterocycles. The number of fused-ring (bicyclic) bond motifs is 5. The van der Waals surface area contributed by atoms with Gasteiger partial charge in [-0.25, -0.2) is 0 Å². The first kappa shape index (κ1) is 50.8. The van der Waals surface area contributed by atoms with Crippen molar-refractivity contribution in [3.63, 3.8) is 0 Å². The van der Waals surface area contributed by atoms with E-state index in [0.29, 0.717) is 42.0 Å². The molecule has 0 spiro atoms. The Morgan fingerprint density at radius 2 is 1.42 bits per heavy atom. The molecule has 6 N–H and O–H groups in total. The number of aliphatic hydroxyl groups is 1. The maximum Gasteiger partial charge on any atom is 0.226 e. The molecule has 4 aromatic rings. The van der Waals surface area contributed by atoms with E-state index in [1.165, 1.54) is 64.0 Å². The number of hydrogen-bond acceptors (Lipinski definition) is 11. The Kier molecular flexibility index (Phi) is 17.5. The van der Waals surface area contributed by atoms with Crippen LogP contribution < -0.4 is 11.1 Å². The Morgan fingerprint density at radius 1 is 0.818 bits per heavy atom. The number of likely N-dealkylation sites (N-methyl/N-ethyl adjacent to an activating group) is 2. The summed E-state index contributed by atoms with van der Waals surface area (Å²) in [6.45, 7) is 4.03. The zero-order chi connectivity index (χ0) is 48.4. The number of nitrogens with zero attached hydrogens (tertiary/aromatic N) is 2. The first-order valence-electron chi connectivity index (χ1n) is 22.1. The molecule has 0 unspecified atom stereocenters. The Balaban J connectivity index is 1.47. The number of phenolic OH excluding ortho intramolecular Hbond substituents is 2. The van der Waals surface area contributed by atoms with E-state index in [9.17, 15) is 48.9 Å². The van der Waals surface area contributed by atoms with Crippen LogP contribution in [-0.2, 0) is 35.2 Å². The van der Waals surface area contributed by atoms with Gasteiger partial charge in [-0.2, -0.15) is 0 Å². The number of nitrogens with one attached hydrogen (secondary N) is 1. The SMILES string of the molecule is CC(=O)[C@H](CO)N(C)C(=O)[C@H](C)CC(=O)[C@@H]1Cc2ccc(O)c(c2)-c2cc(ccc2O)[C@H](N(C)C(=O)[C@H](CCCCN)CC(=O)c2ccc(-c3ccc(Cl)cc3)cc2)C(=O)C[C@@H](C)C(=O)N1. The van der Waals surface area contributed by atoms with Crippen LogP contribution in [-0.4, -0.2) is 105 Å². The van der Waals surface area contributed by atoms with Gasteiger partial charge in [0.2, 0.25) is 17.7 Å². The maximum absolute atomic E-state index is 14.7.